The van der Waals surface area contributed by atoms with Gasteiger partial charge < -0.3 is 4.74 Å². The molecule has 2 heterocycles. The minimum Gasteiger partial charge on any atom is -0.427 e. The van der Waals surface area contributed by atoms with Gasteiger partial charge >= 0.3 is 11.8 Å². The molecule has 0 bridgehead atoms. The van der Waals surface area contributed by atoms with Crippen LogP contribution in [0.3, 0.4) is 0 Å². The van der Waals surface area contributed by atoms with Crippen LogP contribution in [0.1, 0.15) is 0 Å². The molecule has 7 heteroatoms. The van der Waals surface area contributed by atoms with Gasteiger partial charge in [0.25, 0.3) is 0 Å². The number of hydrogen-bond acceptors (Lipinski definition) is 4. The Balaban J connectivity index is 1.65. The third kappa shape index (κ3) is 2.72. The molecule has 0 saturated carbocycles. The molecule has 4 rings (SSSR count). The van der Waals surface area contributed by atoms with E-state index in [-0.39, 0.29) is 12.4 Å². The molecule has 1 amide bonds. The number of anilines is 1. The topological polar surface area (TPSA) is 77.6 Å². The van der Waals surface area contributed by atoms with Gasteiger partial charge in [-0.25, -0.2) is 9.59 Å². The lowest BCUT2D eigenvalue weighted by Gasteiger charge is -2.12. The van der Waals surface area contributed by atoms with Crippen LogP contribution in [0.4, 0.5) is 10.5 Å². The number of benzene rings is 2. The van der Waals surface area contributed by atoms with Crippen molar-refractivity contribution >= 4 is 28.2 Å². The summed E-state index contributed by atoms with van der Waals surface area (Å²) in [6, 6.07) is 18.1. The molecule has 2 aromatic heterocycles. The number of rotatable bonds is 3. The second kappa shape index (κ2) is 6.12. The second-order valence-corrected chi connectivity index (χ2v) is 5.41. The third-order valence-corrected chi connectivity index (χ3v) is 3.87. The molecule has 0 unspecified atom stereocenters. The van der Waals surface area contributed by atoms with Crippen molar-refractivity contribution in [2.45, 2.75) is 6.73 Å². The smallest absolute Gasteiger partial charge is 0.413 e. The Morgan fingerprint density at radius 1 is 1.00 bits per heavy atom. The molecule has 0 saturated heterocycles. The van der Waals surface area contributed by atoms with Crippen LogP contribution in [0.15, 0.2) is 71.7 Å². The normalized spacial score (nSPS) is 10.9. The molecular formula is C18H14N4O3. The first kappa shape index (κ1) is 14.9. The molecule has 4 aromatic rings. The van der Waals surface area contributed by atoms with Crippen LogP contribution in [-0.2, 0) is 11.5 Å². The summed E-state index contributed by atoms with van der Waals surface area (Å²) in [6.45, 7) is -0.214. The maximum absolute atomic E-state index is 12.6. The zero-order valence-corrected chi connectivity index (χ0v) is 13.1. The largest absolute Gasteiger partial charge is 0.427 e. The van der Waals surface area contributed by atoms with Gasteiger partial charge in [-0.1, -0.05) is 36.4 Å². The highest BCUT2D eigenvalue weighted by molar-refractivity contribution is 5.93. The summed E-state index contributed by atoms with van der Waals surface area (Å²) in [6.07, 6.45) is 0.930. The summed E-state index contributed by atoms with van der Waals surface area (Å²) in [7, 11) is 0. The highest BCUT2D eigenvalue weighted by Crippen LogP contribution is 2.17. The van der Waals surface area contributed by atoms with Crippen molar-refractivity contribution in [3.63, 3.8) is 0 Å². The van der Waals surface area contributed by atoms with Crippen molar-refractivity contribution in [2.24, 2.45) is 0 Å². The predicted octanol–water partition coefficient (Wildman–Crippen LogP) is 2.86. The Morgan fingerprint density at radius 3 is 2.60 bits per heavy atom. The van der Waals surface area contributed by atoms with E-state index in [0.29, 0.717) is 16.7 Å². The van der Waals surface area contributed by atoms with Crippen LogP contribution >= 0.6 is 0 Å². The maximum atomic E-state index is 12.6. The van der Waals surface area contributed by atoms with Crippen LogP contribution in [0.5, 0.6) is 0 Å². The van der Waals surface area contributed by atoms with Crippen molar-refractivity contribution in [1.82, 2.24) is 14.2 Å². The molecule has 2 aromatic carbocycles. The summed E-state index contributed by atoms with van der Waals surface area (Å²) in [4.78, 5) is 24.6. The Hall–Kier alpha value is -3.61. The monoisotopic (exact) mass is 334 g/mol. The number of aromatic nitrogens is 3. The summed E-state index contributed by atoms with van der Waals surface area (Å²) in [5.74, 6) is 0. The predicted molar refractivity (Wildman–Crippen MR) is 93.5 cm³/mol. The number of ether oxygens (including phenoxy) is 1. The molecule has 0 spiro atoms. The van der Waals surface area contributed by atoms with Gasteiger partial charge in [0.15, 0.2) is 6.73 Å². The van der Waals surface area contributed by atoms with Crippen molar-refractivity contribution < 1.29 is 9.53 Å². The van der Waals surface area contributed by atoms with E-state index in [2.05, 4.69) is 10.4 Å². The molecule has 0 aliphatic rings. The maximum Gasteiger partial charge on any atom is 0.413 e. The fraction of sp³-hybridized carbons (Fsp3) is 0.0556. The van der Waals surface area contributed by atoms with Gasteiger partial charge in [0.05, 0.1) is 17.2 Å². The molecule has 0 atom stereocenters. The molecule has 7 nitrogen and oxygen atoms in total. The van der Waals surface area contributed by atoms with Gasteiger partial charge in [-0.05, 0) is 24.3 Å². The van der Waals surface area contributed by atoms with Crippen LogP contribution in [0.25, 0.3) is 16.4 Å². The SMILES string of the molecule is O=C(Nc1ccccc1)OCn1c(=O)n2nccc2c2ccccc21. The highest BCUT2D eigenvalue weighted by atomic mass is 16.6. The summed E-state index contributed by atoms with van der Waals surface area (Å²) in [5.41, 5.74) is 1.64. The van der Waals surface area contributed by atoms with Crippen molar-refractivity contribution in [1.29, 1.82) is 0 Å². The standard InChI is InChI=1S/C18H14N4O3/c23-17(20-13-6-2-1-3-7-13)25-12-21-15-9-5-4-8-14(15)16-10-11-19-22(16)18(21)24/h1-11H,12H2,(H,20,23). The minimum atomic E-state index is -0.636. The quantitative estimate of drug-likeness (QED) is 0.625. The Morgan fingerprint density at radius 2 is 1.76 bits per heavy atom. The average Bonchev–Trinajstić information content (AvgIpc) is 3.13. The van der Waals surface area contributed by atoms with Gasteiger partial charge in [-0.15, -0.1) is 0 Å². The van der Waals surface area contributed by atoms with E-state index < -0.39 is 6.09 Å². The lowest BCUT2D eigenvalue weighted by Crippen LogP contribution is -2.30. The number of carbonyl (C=O) groups is 1. The Bertz CT molecular complexity index is 1120. The van der Waals surface area contributed by atoms with Crippen LogP contribution in [0.2, 0.25) is 0 Å². The minimum absolute atomic E-state index is 0.214. The Labute approximate surface area is 142 Å². The molecule has 124 valence electrons. The second-order valence-electron chi connectivity index (χ2n) is 5.41. The van der Waals surface area contributed by atoms with E-state index in [0.717, 1.165) is 5.39 Å². The first-order valence-corrected chi connectivity index (χ1v) is 7.68. The van der Waals surface area contributed by atoms with Crippen molar-refractivity contribution in [2.75, 3.05) is 5.32 Å². The van der Waals surface area contributed by atoms with Gasteiger partial charge in [0.1, 0.15) is 0 Å². The van der Waals surface area contributed by atoms with E-state index in [9.17, 15) is 9.59 Å². The fourth-order valence-electron chi connectivity index (χ4n) is 2.73. The summed E-state index contributed by atoms with van der Waals surface area (Å²) >= 11 is 0. The first-order chi connectivity index (χ1) is 12.2. The Kier molecular flexibility index (Phi) is 3.66. The van der Waals surface area contributed by atoms with Crippen LogP contribution in [-0.4, -0.2) is 20.3 Å². The molecule has 25 heavy (non-hydrogen) atoms. The van der Waals surface area contributed by atoms with Crippen LogP contribution in [0, 0.1) is 0 Å². The summed E-state index contributed by atoms with van der Waals surface area (Å²) in [5, 5.41) is 7.52. The summed E-state index contributed by atoms with van der Waals surface area (Å²) < 4.78 is 7.89. The van der Waals surface area contributed by atoms with Gasteiger partial charge in [-0.3, -0.25) is 9.88 Å². The molecule has 0 fully saturated rings. The molecule has 0 radical (unpaired) electrons. The highest BCUT2D eigenvalue weighted by Gasteiger charge is 2.12. The molecule has 1 N–H and O–H groups in total. The zero-order chi connectivity index (χ0) is 17.2. The molecular weight excluding hydrogens is 320 g/mol. The number of carbonyl (C=O) groups excluding carboxylic acids is 1. The van der Waals surface area contributed by atoms with Crippen molar-refractivity contribution in [3.8, 4) is 0 Å². The number of amides is 1. The zero-order valence-electron chi connectivity index (χ0n) is 13.1. The van der Waals surface area contributed by atoms with E-state index in [4.69, 9.17) is 4.74 Å². The average molecular weight is 334 g/mol. The van der Waals surface area contributed by atoms with E-state index in [1.165, 1.54) is 9.08 Å². The number of hydrogen-bond donors (Lipinski definition) is 1. The third-order valence-electron chi connectivity index (χ3n) is 3.87. The van der Waals surface area contributed by atoms with Gasteiger partial charge in [-0.2, -0.15) is 9.61 Å². The number of nitrogens with zero attached hydrogens (tertiary/aromatic N) is 3. The van der Waals surface area contributed by atoms with Gasteiger partial charge in [0, 0.05) is 11.1 Å². The van der Waals surface area contributed by atoms with Gasteiger partial charge in [0.2, 0.25) is 0 Å². The van der Waals surface area contributed by atoms with Crippen molar-refractivity contribution in [3.05, 3.63) is 77.3 Å². The number of nitrogens with one attached hydrogen (secondary N) is 1. The fourth-order valence-corrected chi connectivity index (χ4v) is 2.73. The first-order valence-electron chi connectivity index (χ1n) is 7.68. The number of para-hydroxylation sites is 2. The van der Waals surface area contributed by atoms with E-state index in [1.807, 2.05) is 30.3 Å². The lowest BCUT2D eigenvalue weighted by molar-refractivity contribution is 0.127. The van der Waals surface area contributed by atoms with E-state index in [1.54, 1.807) is 36.5 Å². The van der Waals surface area contributed by atoms with E-state index >= 15 is 0 Å². The molecule has 0 aliphatic carbocycles. The molecule has 0 aliphatic heterocycles. The number of fused-ring (bicyclic) bond motifs is 3. The van der Waals surface area contributed by atoms with Crippen LogP contribution < -0.4 is 11.0 Å². The lowest BCUT2D eigenvalue weighted by atomic mass is 10.2.